The molecule has 1 aliphatic heterocycles. The topological polar surface area (TPSA) is 155 Å². The Bertz CT molecular complexity index is 701. The number of H-pyrrole nitrogens is 1. The van der Waals surface area contributed by atoms with Crippen LogP contribution in [0.4, 0.5) is 5.95 Å². The van der Waals surface area contributed by atoms with Crippen LogP contribution in [0.25, 0.3) is 11.0 Å². The van der Waals surface area contributed by atoms with Gasteiger partial charge >= 0.3 is 0 Å². The number of aromatic amines is 1. The summed E-state index contributed by atoms with van der Waals surface area (Å²) in [7, 11) is 0. The van der Waals surface area contributed by atoms with Gasteiger partial charge in [-0.2, -0.15) is 4.37 Å². The van der Waals surface area contributed by atoms with E-state index in [-0.39, 0.29) is 17.0 Å². The van der Waals surface area contributed by atoms with Crippen molar-refractivity contribution in [1.82, 2.24) is 14.3 Å². The first-order valence-electron chi connectivity index (χ1n) is 5.80. The van der Waals surface area contributed by atoms with Crippen LogP contribution in [0, 0.1) is 0 Å². The van der Waals surface area contributed by atoms with E-state index in [0.717, 1.165) is 11.5 Å². The molecule has 9 nitrogen and oxygen atoms in total. The Labute approximate surface area is 115 Å². The summed E-state index contributed by atoms with van der Waals surface area (Å²) in [5.74, 6) is -0.0734. The summed E-state index contributed by atoms with van der Waals surface area (Å²) in [6.07, 6.45) is -4.27. The Morgan fingerprint density at radius 1 is 1.35 bits per heavy atom. The molecular formula is C10H12N4O5S. The molecule has 3 heterocycles. The number of hydrogen-bond acceptors (Lipinski definition) is 9. The van der Waals surface area contributed by atoms with Gasteiger partial charge in [-0.15, -0.1) is 0 Å². The number of hydrogen-bond donors (Lipinski definition) is 5. The maximum absolute atomic E-state index is 11.7. The van der Waals surface area contributed by atoms with Crippen molar-refractivity contribution in [3.8, 4) is 0 Å². The van der Waals surface area contributed by atoms with Crippen molar-refractivity contribution in [3.05, 3.63) is 15.2 Å². The molecule has 1 fully saturated rings. The number of aliphatic hydroxyl groups excluding tert-OH is 3. The molecule has 0 bridgehead atoms. The quantitative estimate of drug-likeness (QED) is 0.431. The second kappa shape index (κ2) is 4.75. The second-order valence-corrected chi connectivity index (χ2v) is 5.26. The van der Waals surface area contributed by atoms with Gasteiger partial charge in [0, 0.05) is 0 Å². The van der Waals surface area contributed by atoms with E-state index >= 15 is 0 Å². The summed E-state index contributed by atoms with van der Waals surface area (Å²) in [6, 6.07) is 0. The van der Waals surface area contributed by atoms with Crippen LogP contribution in [0.2, 0.25) is 0 Å². The fraction of sp³-hybridized carbons (Fsp3) is 0.500. The average molecular weight is 300 g/mol. The van der Waals surface area contributed by atoms with Crippen LogP contribution in [0.3, 0.4) is 0 Å². The number of rotatable bonds is 2. The van der Waals surface area contributed by atoms with E-state index in [0.29, 0.717) is 4.88 Å². The van der Waals surface area contributed by atoms with Gasteiger partial charge in [-0.3, -0.25) is 9.78 Å². The minimum atomic E-state index is -1.24. The number of nitrogens with one attached hydrogen (secondary N) is 1. The first-order chi connectivity index (χ1) is 9.52. The van der Waals surface area contributed by atoms with E-state index in [1.165, 1.54) is 0 Å². The Balaban J connectivity index is 2.09. The van der Waals surface area contributed by atoms with Gasteiger partial charge < -0.3 is 25.8 Å². The smallest absolute Gasteiger partial charge is 0.279 e. The van der Waals surface area contributed by atoms with Crippen molar-refractivity contribution in [1.29, 1.82) is 0 Å². The molecule has 0 aliphatic carbocycles. The third kappa shape index (κ3) is 1.89. The van der Waals surface area contributed by atoms with Gasteiger partial charge in [0.1, 0.15) is 29.9 Å². The van der Waals surface area contributed by atoms with Crippen molar-refractivity contribution in [2.45, 2.75) is 24.4 Å². The molecule has 10 heteroatoms. The maximum atomic E-state index is 11.7. The fourth-order valence-corrected chi connectivity index (χ4v) is 3.07. The van der Waals surface area contributed by atoms with E-state index in [9.17, 15) is 15.0 Å². The molecule has 1 aliphatic rings. The molecule has 0 amide bonds. The van der Waals surface area contributed by atoms with Gasteiger partial charge in [-0.1, -0.05) is 0 Å². The highest BCUT2D eigenvalue weighted by molar-refractivity contribution is 7.07. The van der Waals surface area contributed by atoms with Gasteiger partial charge in [0.25, 0.3) is 5.56 Å². The summed E-state index contributed by atoms with van der Waals surface area (Å²) in [4.78, 5) is 18.4. The first kappa shape index (κ1) is 13.4. The molecule has 20 heavy (non-hydrogen) atoms. The zero-order valence-electron chi connectivity index (χ0n) is 10.1. The standard InChI is InChI=1S/C10H12N4O5S/c11-10-12-3-4(9(18)13-10)14-20-8(3)7-6(17)5(16)2(1-15)19-7/h2,5-7,15-17H,1H2,(H3,11,12,13,18)/t2-,5-,6-,7-/m1/s1. The normalized spacial score (nSPS) is 30.1. The largest absolute Gasteiger partial charge is 0.394 e. The summed E-state index contributed by atoms with van der Waals surface area (Å²) in [5, 5.41) is 28.8. The summed E-state index contributed by atoms with van der Waals surface area (Å²) in [5.41, 5.74) is 5.32. The van der Waals surface area contributed by atoms with Gasteiger partial charge in [0.15, 0.2) is 5.52 Å². The Hall–Kier alpha value is -1.59. The number of nitrogen functional groups attached to an aromatic ring is 1. The van der Waals surface area contributed by atoms with E-state index in [2.05, 4.69) is 14.3 Å². The molecule has 0 unspecified atom stereocenters. The third-order valence-electron chi connectivity index (χ3n) is 3.18. The van der Waals surface area contributed by atoms with Crippen molar-refractivity contribution in [2.24, 2.45) is 0 Å². The second-order valence-electron chi connectivity index (χ2n) is 4.45. The van der Waals surface area contributed by atoms with Gasteiger partial charge in [0.05, 0.1) is 11.5 Å². The van der Waals surface area contributed by atoms with Crippen LogP contribution in [0.15, 0.2) is 4.79 Å². The molecule has 2 aromatic heterocycles. The van der Waals surface area contributed by atoms with Crippen LogP contribution in [-0.4, -0.2) is 54.6 Å². The van der Waals surface area contributed by atoms with Crippen LogP contribution in [0.1, 0.15) is 11.0 Å². The number of nitrogens with zero attached hydrogens (tertiary/aromatic N) is 2. The lowest BCUT2D eigenvalue weighted by molar-refractivity contribution is -0.0215. The third-order valence-corrected chi connectivity index (χ3v) is 4.08. The predicted octanol–water partition coefficient (Wildman–Crippen LogP) is -1.88. The Kier molecular flexibility index (Phi) is 3.18. The van der Waals surface area contributed by atoms with Crippen LogP contribution in [-0.2, 0) is 4.74 Å². The maximum Gasteiger partial charge on any atom is 0.279 e. The Morgan fingerprint density at radius 2 is 2.10 bits per heavy atom. The molecule has 1 saturated heterocycles. The number of aliphatic hydroxyl groups is 3. The molecule has 6 N–H and O–H groups in total. The molecule has 0 aromatic carbocycles. The summed E-state index contributed by atoms with van der Waals surface area (Å²) < 4.78 is 9.35. The summed E-state index contributed by atoms with van der Waals surface area (Å²) in [6.45, 7) is -0.429. The van der Waals surface area contributed by atoms with Crippen LogP contribution >= 0.6 is 11.5 Å². The minimum Gasteiger partial charge on any atom is -0.394 e. The average Bonchev–Trinajstić information content (AvgIpc) is 2.93. The zero-order chi connectivity index (χ0) is 14.4. The van der Waals surface area contributed by atoms with E-state index in [1.807, 2.05) is 0 Å². The molecule has 4 atom stereocenters. The highest BCUT2D eigenvalue weighted by atomic mass is 32.1. The SMILES string of the molecule is Nc1nc2c([C@@H]3O[C@H](CO)[C@@H](O)[C@H]3O)snc2c(=O)[nH]1. The van der Waals surface area contributed by atoms with Crippen molar-refractivity contribution < 1.29 is 20.1 Å². The lowest BCUT2D eigenvalue weighted by atomic mass is 10.1. The number of aromatic nitrogens is 3. The van der Waals surface area contributed by atoms with E-state index in [4.69, 9.17) is 15.6 Å². The number of anilines is 1. The van der Waals surface area contributed by atoms with Gasteiger partial charge in [0.2, 0.25) is 5.95 Å². The van der Waals surface area contributed by atoms with Crippen molar-refractivity contribution in [3.63, 3.8) is 0 Å². The number of fused-ring (bicyclic) bond motifs is 1. The number of nitrogens with two attached hydrogens (primary N) is 1. The Morgan fingerprint density at radius 3 is 2.75 bits per heavy atom. The van der Waals surface area contributed by atoms with Crippen LogP contribution < -0.4 is 11.3 Å². The lowest BCUT2D eigenvalue weighted by Gasteiger charge is -2.12. The monoisotopic (exact) mass is 300 g/mol. The molecule has 0 radical (unpaired) electrons. The van der Waals surface area contributed by atoms with Gasteiger partial charge in [-0.25, -0.2) is 4.98 Å². The summed E-state index contributed by atoms with van der Waals surface area (Å²) >= 11 is 0.935. The molecule has 0 spiro atoms. The van der Waals surface area contributed by atoms with E-state index in [1.54, 1.807) is 0 Å². The molecule has 108 valence electrons. The number of ether oxygens (including phenoxy) is 1. The molecular weight excluding hydrogens is 288 g/mol. The highest BCUT2D eigenvalue weighted by Gasteiger charge is 2.44. The van der Waals surface area contributed by atoms with Crippen molar-refractivity contribution in [2.75, 3.05) is 12.3 Å². The molecule has 0 saturated carbocycles. The predicted molar refractivity (Wildman–Crippen MR) is 69.2 cm³/mol. The molecule has 3 rings (SSSR count). The minimum absolute atomic E-state index is 0.0734. The first-order valence-corrected chi connectivity index (χ1v) is 6.57. The zero-order valence-corrected chi connectivity index (χ0v) is 10.9. The van der Waals surface area contributed by atoms with Crippen LogP contribution in [0.5, 0.6) is 0 Å². The lowest BCUT2D eigenvalue weighted by Crippen LogP contribution is -2.32. The molecule has 2 aromatic rings. The van der Waals surface area contributed by atoms with Gasteiger partial charge in [-0.05, 0) is 11.5 Å². The highest BCUT2D eigenvalue weighted by Crippen LogP contribution is 2.38. The van der Waals surface area contributed by atoms with E-state index < -0.39 is 36.6 Å². The van der Waals surface area contributed by atoms with Crippen molar-refractivity contribution >= 4 is 28.5 Å². The fourth-order valence-electron chi connectivity index (χ4n) is 2.18.